The summed E-state index contributed by atoms with van der Waals surface area (Å²) in [6.07, 6.45) is 2.83. The Morgan fingerprint density at radius 3 is 2.87 bits per heavy atom. The van der Waals surface area contributed by atoms with Crippen molar-refractivity contribution in [3.05, 3.63) is 35.4 Å². The van der Waals surface area contributed by atoms with E-state index in [0.717, 1.165) is 12.5 Å². The van der Waals surface area contributed by atoms with Gasteiger partial charge in [0, 0.05) is 13.7 Å². The van der Waals surface area contributed by atoms with Crippen molar-refractivity contribution in [1.29, 1.82) is 0 Å². The molecular formula is C13H19NO. The summed E-state index contributed by atoms with van der Waals surface area (Å²) < 4.78 is 5.12. The molecule has 0 aromatic heterocycles. The molecule has 1 fully saturated rings. The summed E-state index contributed by atoms with van der Waals surface area (Å²) in [5.74, 6) is 0.951. The van der Waals surface area contributed by atoms with Gasteiger partial charge < -0.3 is 10.1 Å². The van der Waals surface area contributed by atoms with Crippen LogP contribution in [0, 0.1) is 5.92 Å². The highest BCUT2D eigenvalue weighted by Gasteiger charge is 2.19. The van der Waals surface area contributed by atoms with Gasteiger partial charge in [0.05, 0.1) is 6.61 Å². The van der Waals surface area contributed by atoms with Crippen LogP contribution in [0.4, 0.5) is 0 Å². The Morgan fingerprint density at radius 2 is 2.13 bits per heavy atom. The van der Waals surface area contributed by atoms with E-state index in [1.807, 2.05) is 0 Å². The fraction of sp³-hybridized carbons (Fsp3) is 0.538. The quantitative estimate of drug-likeness (QED) is 0.769. The molecular weight excluding hydrogens is 186 g/mol. The molecule has 0 radical (unpaired) electrons. The maximum atomic E-state index is 5.12. The predicted octanol–water partition coefficient (Wildman–Crippen LogP) is 2.33. The molecule has 1 saturated carbocycles. The molecule has 0 bridgehead atoms. The lowest BCUT2D eigenvalue weighted by atomic mass is 10.1. The van der Waals surface area contributed by atoms with Gasteiger partial charge in [-0.2, -0.15) is 0 Å². The van der Waals surface area contributed by atoms with E-state index < -0.39 is 0 Å². The lowest BCUT2D eigenvalue weighted by Gasteiger charge is -2.06. The maximum absolute atomic E-state index is 5.12. The zero-order chi connectivity index (χ0) is 10.5. The minimum atomic E-state index is 0.705. The fourth-order valence-electron chi connectivity index (χ4n) is 1.74. The van der Waals surface area contributed by atoms with Crippen LogP contribution >= 0.6 is 0 Å². The zero-order valence-electron chi connectivity index (χ0n) is 9.33. The topological polar surface area (TPSA) is 21.3 Å². The van der Waals surface area contributed by atoms with Gasteiger partial charge in [-0.05, 0) is 36.4 Å². The molecule has 2 nitrogen and oxygen atoms in total. The highest BCUT2D eigenvalue weighted by atomic mass is 16.5. The standard InChI is InChI=1S/C13H19NO/c1-15-10-13-4-2-3-12(7-13)9-14-8-11-5-6-11/h2-4,7,11,14H,5-6,8-10H2,1H3. The van der Waals surface area contributed by atoms with Crippen LogP contribution in [0.3, 0.4) is 0 Å². The summed E-state index contributed by atoms with van der Waals surface area (Å²) in [6, 6.07) is 8.58. The molecule has 0 aliphatic heterocycles. The van der Waals surface area contributed by atoms with Crippen molar-refractivity contribution < 1.29 is 4.74 Å². The lowest BCUT2D eigenvalue weighted by molar-refractivity contribution is 0.185. The Kier molecular flexibility index (Phi) is 3.75. The lowest BCUT2D eigenvalue weighted by Crippen LogP contribution is -2.16. The Balaban J connectivity index is 1.80. The summed E-state index contributed by atoms with van der Waals surface area (Å²) in [6.45, 7) is 2.86. The SMILES string of the molecule is COCc1cccc(CNCC2CC2)c1. The van der Waals surface area contributed by atoms with Crippen molar-refractivity contribution in [3.63, 3.8) is 0 Å². The highest BCUT2D eigenvalue weighted by molar-refractivity contribution is 5.22. The number of rotatable bonds is 6. The van der Waals surface area contributed by atoms with Crippen LogP contribution in [-0.4, -0.2) is 13.7 Å². The van der Waals surface area contributed by atoms with Gasteiger partial charge in [-0.1, -0.05) is 24.3 Å². The zero-order valence-corrected chi connectivity index (χ0v) is 9.33. The number of ether oxygens (including phenoxy) is 1. The molecule has 0 saturated heterocycles. The molecule has 0 unspecified atom stereocenters. The van der Waals surface area contributed by atoms with Crippen molar-refractivity contribution in [3.8, 4) is 0 Å². The van der Waals surface area contributed by atoms with Crippen molar-refractivity contribution in [2.45, 2.75) is 26.0 Å². The maximum Gasteiger partial charge on any atom is 0.0713 e. The number of hydrogen-bond acceptors (Lipinski definition) is 2. The Bertz CT molecular complexity index is 307. The minimum Gasteiger partial charge on any atom is -0.380 e. The van der Waals surface area contributed by atoms with E-state index in [4.69, 9.17) is 4.74 Å². The molecule has 0 atom stereocenters. The summed E-state index contributed by atoms with van der Waals surface area (Å²) in [5, 5.41) is 3.49. The molecule has 15 heavy (non-hydrogen) atoms. The molecule has 1 N–H and O–H groups in total. The van der Waals surface area contributed by atoms with E-state index in [2.05, 4.69) is 29.6 Å². The van der Waals surface area contributed by atoms with Crippen molar-refractivity contribution in [1.82, 2.24) is 5.32 Å². The molecule has 1 aromatic rings. The van der Waals surface area contributed by atoms with Crippen LogP contribution in [0.2, 0.25) is 0 Å². The smallest absolute Gasteiger partial charge is 0.0713 e. The first-order valence-electron chi connectivity index (χ1n) is 5.66. The second-order valence-electron chi connectivity index (χ2n) is 4.33. The minimum absolute atomic E-state index is 0.705. The molecule has 0 spiro atoms. The molecule has 2 heteroatoms. The van der Waals surface area contributed by atoms with E-state index in [-0.39, 0.29) is 0 Å². The average molecular weight is 205 g/mol. The first-order valence-corrected chi connectivity index (χ1v) is 5.66. The third-order valence-corrected chi connectivity index (χ3v) is 2.76. The summed E-state index contributed by atoms with van der Waals surface area (Å²) in [5.41, 5.74) is 2.61. The Morgan fingerprint density at radius 1 is 1.33 bits per heavy atom. The van der Waals surface area contributed by atoms with Crippen LogP contribution in [0.15, 0.2) is 24.3 Å². The molecule has 1 aromatic carbocycles. The van der Waals surface area contributed by atoms with Crippen LogP contribution in [0.5, 0.6) is 0 Å². The largest absolute Gasteiger partial charge is 0.380 e. The molecule has 2 rings (SSSR count). The van der Waals surface area contributed by atoms with Gasteiger partial charge >= 0.3 is 0 Å². The Labute approximate surface area is 91.6 Å². The average Bonchev–Trinajstić information content (AvgIpc) is 3.03. The fourth-order valence-corrected chi connectivity index (χ4v) is 1.74. The highest BCUT2D eigenvalue weighted by Crippen LogP contribution is 2.27. The third-order valence-electron chi connectivity index (χ3n) is 2.76. The van der Waals surface area contributed by atoms with E-state index in [0.29, 0.717) is 6.61 Å². The third kappa shape index (κ3) is 3.65. The second kappa shape index (κ2) is 5.29. The second-order valence-corrected chi connectivity index (χ2v) is 4.33. The van der Waals surface area contributed by atoms with Gasteiger partial charge in [0.2, 0.25) is 0 Å². The number of benzene rings is 1. The summed E-state index contributed by atoms with van der Waals surface area (Å²) in [7, 11) is 1.73. The van der Waals surface area contributed by atoms with Gasteiger partial charge in [-0.15, -0.1) is 0 Å². The monoisotopic (exact) mass is 205 g/mol. The molecule has 1 aliphatic rings. The van der Waals surface area contributed by atoms with Gasteiger partial charge in [0.25, 0.3) is 0 Å². The van der Waals surface area contributed by atoms with E-state index >= 15 is 0 Å². The first kappa shape index (κ1) is 10.7. The van der Waals surface area contributed by atoms with Crippen LogP contribution in [0.25, 0.3) is 0 Å². The van der Waals surface area contributed by atoms with E-state index in [1.165, 1.54) is 30.5 Å². The Hall–Kier alpha value is -0.860. The van der Waals surface area contributed by atoms with E-state index in [1.54, 1.807) is 7.11 Å². The molecule has 0 amide bonds. The van der Waals surface area contributed by atoms with Gasteiger partial charge in [-0.25, -0.2) is 0 Å². The summed E-state index contributed by atoms with van der Waals surface area (Å²) >= 11 is 0. The normalized spacial score (nSPS) is 15.5. The van der Waals surface area contributed by atoms with Gasteiger partial charge in [0.15, 0.2) is 0 Å². The van der Waals surface area contributed by atoms with Crippen molar-refractivity contribution in [2.24, 2.45) is 5.92 Å². The van der Waals surface area contributed by atoms with Gasteiger partial charge in [-0.3, -0.25) is 0 Å². The van der Waals surface area contributed by atoms with Gasteiger partial charge in [0.1, 0.15) is 0 Å². The van der Waals surface area contributed by atoms with E-state index in [9.17, 15) is 0 Å². The number of nitrogens with one attached hydrogen (secondary N) is 1. The first-order chi connectivity index (χ1) is 7.38. The number of methoxy groups -OCH3 is 1. The van der Waals surface area contributed by atoms with Crippen molar-refractivity contribution >= 4 is 0 Å². The van der Waals surface area contributed by atoms with Crippen molar-refractivity contribution in [2.75, 3.05) is 13.7 Å². The molecule has 82 valence electrons. The molecule has 1 aliphatic carbocycles. The predicted molar refractivity (Wildman–Crippen MR) is 61.6 cm³/mol. The van der Waals surface area contributed by atoms with Crippen LogP contribution in [0.1, 0.15) is 24.0 Å². The molecule has 0 heterocycles. The van der Waals surface area contributed by atoms with Crippen LogP contribution in [-0.2, 0) is 17.9 Å². The number of hydrogen-bond donors (Lipinski definition) is 1. The van der Waals surface area contributed by atoms with Crippen LogP contribution < -0.4 is 5.32 Å². The summed E-state index contributed by atoms with van der Waals surface area (Å²) in [4.78, 5) is 0.